The minimum Gasteiger partial charge on any atom is -0.483 e. The molecule has 0 heterocycles. The first-order valence-electron chi connectivity index (χ1n) is 9.80. The first-order chi connectivity index (χ1) is 14.8. The number of carbonyl (C=O) groups is 2. The number of Topliss-reactive ketones (excluding diaryl/α,β-unsaturated/α-hetero) is 2. The third-order valence-electron chi connectivity index (χ3n) is 4.60. The second kappa shape index (κ2) is 9.98. The Balaban J connectivity index is 1.66. The molecule has 6 heteroatoms. The molecule has 0 saturated heterocycles. The van der Waals surface area contributed by atoms with Crippen molar-refractivity contribution >= 4 is 11.6 Å². The maximum absolute atomic E-state index is 14.3. The van der Waals surface area contributed by atoms with Crippen LogP contribution in [0.15, 0.2) is 60.7 Å². The van der Waals surface area contributed by atoms with Gasteiger partial charge in [-0.1, -0.05) is 12.1 Å². The van der Waals surface area contributed by atoms with Crippen LogP contribution in [0.5, 0.6) is 17.2 Å². The number of ketones is 2. The lowest BCUT2D eigenvalue weighted by Gasteiger charge is -2.11. The van der Waals surface area contributed by atoms with E-state index < -0.39 is 17.4 Å². The fourth-order valence-electron chi connectivity index (χ4n) is 2.96. The van der Waals surface area contributed by atoms with Crippen LogP contribution in [-0.2, 0) is 17.8 Å². The van der Waals surface area contributed by atoms with E-state index in [1.807, 2.05) is 0 Å². The second-order valence-corrected chi connectivity index (χ2v) is 7.21. The molecule has 0 N–H and O–H groups in total. The molecule has 0 aliphatic rings. The van der Waals surface area contributed by atoms with Gasteiger partial charge in [-0.15, -0.1) is 0 Å². The summed E-state index contributed by atoms with van der Waals surface area (Å²) in [5.41, 5.74) is 1.66. The van der Waals surface area contributed by atoms with Gasteiger partial charge in [0.15, 0.2) is 23.2 Å². The first kappa shape index (κ1) is 22.2. The van der Waals surface area contributed by atoms with E-state index in [-0.39, 0.29) is 31.0 Å². The van der Waals surface area contributed by atoms with Gasteiger partial charge in [0, 0.05) is 12.0 Å². The predicted molar refractivity (Wildman–Crippen MR) is 113 cm³/mol. The van der Waals surface area contributed by atoms with E-state index in [4.69, 9.17) is 9.47 Å². The summed E-state index contributed by atoms with van der Waals surface area (Å²) < 4.78 is 39.7. The molecule has 0 bridgehead atoms. The number of aryl methyl sites for hydroxylation is 1. The Morgan fingerprint density at radius 3 is 2.13 bits per heavy atom. The van der Waals surface area contributed by atoms with Crippen molar-refractivity contribution in [1.82, 2.24) is 0 Å². The predicted octanol–water partition coefficient (Wildman–Crippen LogP) is 6.06. The van der Waals surface area contributed by atoms with Gasteiger partial charge in [-0.05, 0) is 79.9 Å². The van der Waals surface area contributed by atoms with Crippen molar-refractivity contribution in [2.45, 2.75) is 33.3 Å². The molecule has 0 aromatic heterocycles. The highest BCUT2D eigenvalue weighted by atomic mass is 19.1. The van der Waals surface area contributed by atoms with Crippen molar-refractivity contribution < 1.29 is 27.8 Å². The van der Waals surface area contributed by atoms with E-state index in [1.165, 1.54) is 26.0 Å². The topological polar surface area (TPSA) is 52.6 Å². The molecule has 0 saturated carbocycles. The van der Waals surface area contributed by atoms with Crippen molar-refractivity contribution in [1.29, 1.82) is 0 Å². The second-order valence-electron chi connectivity index (χ2n) is 7.21. The van der Waals surface area contributed by atoms with Crippen LogP contribution in [0.2, 0.25) is 0 Å². The maximum atomic E-state index is 14.3. The molecule has 160 valence electrons. The fraction of sp³-hybridized carbons (Fsp3) is 0.200. The molecule has 3 aromatic rings. The van der Waals surface area contributed by atoms with Gasteiger partial charge < -0.3 is 14.3 Å². The highest BCUT2D eigenvalue weighted by Crippen LogP contribution is 2.27. The summed E-state index contributed by atoms with van der Waals surface area (Å²) in [7, 11) is 0. The molecule has 31 heavy (non-hydrogen) atoms. The largest absolute Gasteiger partial charge is 0.483 e. The van der Waals surface area contributed by atoms with E-state index in [2.05, 4.69) is 0 Å². The van der Waals surface area contributed by atoms with Crippen LogP contribution in [0, 0.1) is 11.6 Å². The zero-order valence-corrected chi connectivity index (χ0v) is 17.3. The van der Waals surface area contributed by atoms with Crippen molar-refractivity contribution in [3.63, 3.8) is 0 Å². The molecule has 0 radical (unpaired) electrons. The van der Waals surface area contributed by atoms with E-state index >= 15 is 0 Å². The number of ether oxygens (including phenoxy) is 2. The number of hydrogen-bond donors (Lipinski definition) is 0. The quantitative estimate of drug-likeness (QED) is 0.392. The summed E-state index contributed by atoms with van der Waals surface area (Å²) in [5, 5.41) is 0. The van der Waals surface area contributed by atoms with Crippen LogP contribution in [-0.4, -0.2) is 11.6 Å². The SMILES string of the molecule is CC(=O)CCc1cc(F)c(OCc2cccc(Oc3ccc(C(C)=O)cc3)c2)c(F)c1. The average molecular weight is 424 g/mol. The van der Waals surface area contributed by atoms with E-state index in [1.54, 1.807) is 48.5 Å². The number of hydrogen-bond acceptors (Lipinski definition) is 4. The van der Waals surface area contributed by atoms with E-state index in [0.717, 1.165) is 0 Å². The molecule has 0 aliphatic heterocycles. The molecule has 0 spiro atoms. The normalized spacial score (nSPS) is 10.6. The zero-order valence-electron chi connectivity index (χ0n) is 17.3. The van der Waals surface area contributed by atoms with Crippen LogP contribution in [0.1, 0.15) is 41.8 Å². The summed E-state index contributed by atoms with van der Waals surface area (Å²) in [6, 6.07) is 16.1. The van der Waals surface area contributed by atoms with Gasteiger partial charge in [0.1, 0.15) is 23.9 Å². The van der Waals surface area contributed by atoms with Crippen molar-refractivity contribution in [3.05, 3.63) is 89.0 Å². The Labute approximate surface area is 179 Å². The van der Waals surface area contributed by atoms with Crippen molar-refractivity contribution in [2.24, 2.45) is 0 Å². The van der Waals surface area contributed by atoms with Gasteiger partial charge in [-0.2, -0.15) is 0 Å². The van der Waals surface area contributed by atoms with Gasteiger partial charge in [-0.25, -0.2) is 8.78 Å². The highest BCUT2D eigenvalue weighted by Gasteiger charge is 2.14. The van der Waals surface area contributed by atoms with Crippen LogP contribution in [0.4, 0.5) is 8.78 Å². The molecular formula is C25H22F2O4. The highest BCUT2D eigenvalue weighted by molar-refractivity contribution is 5.94. The van der Waals surface area contributed by atoms with Crippen molar-refractivity contribution in [2.75, 3.05) is 0 Å². The standard InChI is InChI=1S/C25H22F2O4/c1-16(28)6-7-18-13-23(26)25(24(27)14-18)30-15-19-4-3-5-22(12-19)31-21-10-8-20(9-11-21)17(2)29/h3-5,8-14H,6-7,15H2,1-2H3. The Morgan fingerprint density at radius 2 is 1.52 bits per heavy atom. The zero-order chi connectivity index (χ0) is 22.4. The minimum absolute atomic E-state index is 0.0305. The number of carbonyl (C=O) groups excluding carboxylic acids is 2. The maximum Gasteiger partial charge on any atom is 0.191 e. The molecule has 0 atom stereocenters. The lowest BCUT2D eigenvalue weighted by atomic mass is 10.1. The molecule has 0 unspecified atom stereocenters. The monoisotopic (exact) mass is 424 g/mol. The van der Waals surface area contributed by atoms with Crippen LogP contribution in [0.3, 0.4) is 0 Å². The molecule has 0 fully saturated rings. The average Bonchev–Trinajstić information content (AvgIpc) is 2.72. The van der Waals surface area contributed by atoms with Crippen LogP contribution in [0.25, 0.3) is 0 Å². The summed E-state index contributed by atoms with van der Waals surface area (Å²) in [6.45, 7) is 2.87. The molecule has 0 amide bonds. The van der Waals surface area contributed by atoms with Crippen molar-refractivity contribution in [3.8, 4) is 17.2 Å². The van der Waals surface area contributed by atoms with Crippen LogP contribution >= 0.6 is 0 Å². The Kier molecular flexibility index (Phi) is 7.13. The number of halogens is 2. The van der Waals surface area contributed by atoms with Gasteiger partial charge in [-0.3, -0.25) is 4.79 Å². The fourth-order valence-corrected chi connectivity index (χ4v) is 2.96. The first-order valence-corrected chi connectivity index (χ1v) is 9.80. The van der Waals surface area contributed by atoms with E-state index in [0.29, 0.717) is 28.2 Å². The van der Waals surface area contributed by atoms with E-state index in [9.17, 15) is 18.4 Å². The molecule has 3 rings (SSSR count). The third kappa shape index (κ3) is 6.22. The lowest BCUT2D eigenvalue weighted by molar-refractivity contribution is -0.116. The summed E-state index contributed by atoms with van der Waals surface area (Å²) >= 11 is 0. The van der Waals surface area contributed by atoms with Gasteiger partial charge in [0.25, 0.3) is 0 Å². The molecular weight excluding hydrogens is 402 g/mol. The van der Waals surface area contributed by atoms with Gasteiger partial charge >= 0.3 is 0 Å². The van der Waals surface area contributed by atoms with Gasteiger partial charge in [0.05, 0.1) is 0 Å². The van der Waals surface area contributed by atoms with Crippen LogP contribution < -0.4 is 9.47 Å². The molecule has 0 aliphatic carbocycles. The minimum atomic E-state index is -0.809. The summed E-state index contributed by atoms with van der Waals surface area (Å²) in [4.78, 5) is 22.4. The Bertz CT molecular complexity index is 1070. The Morgan fingerprint density at radius 1 is 0.839 bits per heavy atom. The van der Waals surface area contributed by atoms with Gasteiger partial charge in [0.2, 0.25) is 0 Å². The molecule has 3 aromatic carbocycles. The third-order valence-corrected chi connectivity index (χ3v) is 4.60. The Hall–Kier alpha value is -3.54. The lowest BCUT2D eigenvalue weighted by Crippen LogP contribution is -2.02. The summed E-state index contributed by atoms with van der Waals surface area (Å²) in [6.07, 6.45) is 0.500. The smallest absolute Gasteiger partial charge is 0.191 e. The molecule has 4 nitrogen and oxygen atoms in total. The number of rotatable bonds is 9. The number of benzene rings is 3. The summed E-state index contributed by atoms with van der Waals surface area (Å²) in [5.74, 6) is -1.07.